The Kier molecular flexibility index (Phi) is 4.89. The highest BCUT2D eigenvalue weighted by molar-refractivity contribution is 9.13. The van der Waals surface area contributed by atoms with Crippen LogP contribution in [0.4, 0.5) is 0 Å². The van der Waals surface area contributed by atoms with E-state index in [2.05, 4.69) is 44.2 Å². The second kappa shape index (κ2) is 5.98. The van der Waals surface area contributed by atoms with Gasteiger partial charge in [-0.05, 0) is 55.6 Å². The van der Waals surface area contributed by atoms with E-state index in [0.717, 1.165) is 0 Å². The number of aryl methyl sites for hydroxylation is 1. The van der Waals surface area contributed by atoms with E-state index in [1.165, 1.54) is 55.3 Å². The second-order valence-electron chi connectivity index (χ2n) is 3.92. The first-order chi connectivity index (χ1) is 7.74. The highest BCUT2D eigenvalue weighted by atomic mass is 79.9. The zero-order valence-electron chi connectivity index (χ0n) is 9.19. The van der Waals surface area contributed by atoms with Gasteiger partial charge in [0.2, 0.25) is 0 Å². The van der Waals surface area contributed by atoms with Gasteiger partial charge in [0.25, 0.3) is 0 Å². The van der Waals surface area contributed by atoms with E-state index in [9.17, 15) is 0 Å². The first-order valence-electron chi connectivity index (χ1n) is 5.58. The maximum absolute atomic E-state index is 3.63. The summed E-state index contributed by atoms with van der Waals surface area (Å²) in [5.74, 6) is 0. The van der Waals surface area contributed by atoms with Gasteiger partial charge in [-0.3, -0.25) is 0 Å². The number of hydrogen-bond acceptors (Lipinski definition) is 2. The number of halogens is 2. The molecule has 0 fully saturated rings. The minimum Gasteiger partial charge on any atom is -0.141 e. The van der Waals surface area contributed by atoms with Gasteiger partial charge in [0.05, 0.1) is 17.7 Å². The number of rotatable bonds is 5. The van der Waals surface area contributed by atoms with Crippen LogP contribution in [-0.4, -0.2) is 0 Å². The van der Waals surface area contributed by atoms with Crippen LogP contribution in [-0.2, 0) is 6.42 Å². The molecule has 0 atom stereocenters. The molecular formula is C12H14Br2S2. The van der Waals surface area contributed by atoms with E-state index in [4.69, 9.17) is 0 Å². The lowest BCUT2D eigenvalue weighted by molar-refractivity contribution is 0.669. The van der Waals surface area contributed by atoms with E-state index in [-0.39, 0.29) is 0 Å². The smallest absolute Gasteiger partial charge is 0.0861 e. The average molecular weight is 382 g/mol. The Hall–Kier alpha value is 0.620. The van der Waals surface area contributed by atoms with E-state index >= 15 is 0 Å². The van der Waals surface area contributed by atoms with Crippen molar-refractivity contribution >= 4 is 63.9 Å². The predicted octanol–water partition coefficient (Wildman–Crippen LogP) is 6.61. The van der Waals surface area contributed by atoms with Crippen molar-refractivity contribution in [3.05, 3.63) is 19.2 Å². The fourth-order valence-corrected chi connectivity index (χ4v) is 5.66. The summed E-state index contributed by atoms with van der Waals surface area (Å²) in [4.78, 5) is 0. The molecule has 2 aromatic heterocycles. The summed E-state index contributed by atoms with van der Waals surface area (Å²) < 4.78 is 5.34. The maximum Gasteiger partial charge on any atom is 0.0861 e. The molecule has 0 radical (unpaired) electrons. The van der Waals surface area contributed by atoms with Crippen LogP contribution < -0.4 is 0 Å². The van der Waals surface area contributed by atoms with Gasteiger partial charge in [-0.1, -0.05) is 26.2 Å². The van der Waals surface area contributed by atoms with Crippen LogP contribution in [0, 0.1) is 0 Å². The fraction of sp³-hybridized carbons (Fsp3) is 0.500. The molecule has 0 saturated heterocycles. The molecule has 2 rings (SSSR count). The van der Waals surface area contributed by atoms with Crippen LogP contribution in [0.25, 0.3) is 9.40 Å². The summed E-state index contributed by atoms with van der Waals surface area (Å²) in [6.07, 6.45) is 6.61. The normalized spacial score (nSPS) is 11.4. The minimum atomic E-state index is 1.23. The van der Waals surface area contributed by atoms with Crippen LogP contribution in [0.2, 0.25) is 0 Å². The summed E-state index contributed by atoms with van der Waals surface area (Å²) >= 11 is 10.9. The third-order valence-corrected chi connectivity index (χ3v) is 7.64. The molecule has 0 saturated carbocycles. The fourth-order valence-electron chi connectivity index (χ4n) is 1.78. The number of thiophene rings is 2. The lowest BCUT2D eigenvalue weighted by Gasteiger charge is -1.97. The van der Waals surface area contributed by atoms with Gasteiger partial charge in [-0.2, -0.15) is 0 Å². The Morgan fingerprint density at radius 1 is 1.12 bits per heavy atom. The monoisotopic (exact) mass is 380 g/mol. The van der Waals surface area contributed by atoms with Crippen LogP contribution in [0.5, 0.6) is 0 Å². The highest BCUT2D eigenvalue weighted by Crippen LogP contribution is 2.44. The molecule has 16 heavy (non-hydrogen) atoms. The van der Waals surface area contributed by atoms with Crippen molar-refractivity contribution in [3.63, 3.8) is 0 Å². The standard InChI is InChI=1S/C12H14Br2S2/c1-2-3-4-5-6-8-7-15-11-9(13)12(14)16-10(8)11/h7H,2-6H2,1H3. The van der Waals surface area contributed by atoms with Crippen molar-refractivity contribution in [2.24, 2.45) is 0 Å². The molecule has 0 aromatic carbocycles. The summed E-state index contributed by atoms with van der Waals surface area (Å²) in [6.45, 7) is 2.26. The zero-order chi connectivity index (χ0) is 11.5. The topological polar surface area (TPSA) is 0 Å². The summed E-state index contributed by atoms with van der Waals surface area (Å²) in [7, 11) is 0. The maximum atomic E-state index is 3.63. The molecule has 88 valence electrons. The van der Waals surface area contributed by atoms with Crippen molar-refractivity contribution in [1.82, 2.24) is 0 Å². The molecule has 0 N–H and O–H groups in total. The van der Waals surface area contributed by atoms with Gasteiger partial charge < -0.3 is 0 Å². The Labute approximate surface area is 121 Å². The largest absolute Gasteiger partial charge is 0.141 e. The predicted molar refractivity (Wildman–Crippen MR) is 82.9 cm³/mol. The molecule has 0 bridgehead atoms. The first kappa shape index (κ1) is 13.1. The van der Waals surface area contributed by atoms with Crippen LogP contribution in [0.3, 0.4) is 0 Å². The van der Waals surface area contributed by atoms with E-state index in [1.54, 1.807) is 0 Å². The third kappa shape index (κ3) is 2.71. The number of fused-ring (bicyclic) bond motifs is 1. The lowest BCUT2D eigenvalue weighted by atomic mass is 10.1. The van der Waals surface area contributed by atoms with E-state index in [0.29, 0.717) is 0 Å². The number of unbranched alkanes of at least 4 members (excludes halogenated alkanes) is 3. The quantitative estimate of drug-likeness (QED) is 0.511. The Balaban J connectivity index is 2.09. The van der Waals surface area contributed by atoms with Crippen LogP contribution in [0.15, 0.2) is 13.6 Å². The van der Waals surface area contributed by atoms with Crippen molar-refractivity contribution in [2.75, 3.05) is 0 Å². The lowest BCUT2D eigenvalue weighted by Crippen LogP contribution is -1.82. The molecule has 2 aromatic rings. The van der Waals surface area contributed by atoms with Crippen molar-refractivity contribution in [2.45, 2.75) is 39.0 Å². The summed E-state index contributed by atoms with van der Waals surface area (Å²) in [5, 5.41) is 2.32. The SMILES string of the molecule is CCCCCCc1csc2c(Br)c(Br)sc12. The van der Waals surface area contributed by atoms with Crippen LogP contribution in [0.1, 0.15) is 38.2 Å². The average Bonchev–Trinajstić information content (AvgIpc) is 2.78. The van der Waals surface area contributed by atoms with Gasteiger partial charge >= 0.3 is 0 Å². The zero-order valence-corrected chi connectivity index (χ0v) is 14.0. The molecule has 0 spiro atoms. The molecule has 0 nitrogen and oxygen atoms in total. The Morgan fingerprint density at radius 2 is 1.94 bits per heavy atom. The van der Waals surface area contributed by atoms with Crippen molar-refractivity contribution in [1.29, 1.82) is 0 Å². The number of hydrogen-bond donors (Lipinski definition) is 0. The van der Waals surface area contributed by atoms with Gasteiger partial charge in [-0.25, -0.2) is 0 Å². The van der Waals surface area contributed by atoms with Gasteiger partial charge in [0.15, 0.2) is 0 Å². The molecular weight excluding hydrogens is 368 g/mol. The van der Waals surface area contributed by atoms with E-state index in [1.807, 2.05) is 22.7 Å². The van der Waals surface area contributed by atoms with Crippen LogP contribution >= 0.6 is 54.5 Å². The molecule has 4 heteroatoms. The molecule has 0 aliphatic carbocycles. The van der Waals surface area contributed by atoms with Gasteiger partial charge in [-0.15, -0.1) is 22.7 Å². The van der Waals surface area contributed by atoms with Gasteiger partial charge in [0.1, 0.15) is 0 Å². The second-order valence-corrected chi connectivity index (χ2v) is 7.93. The summed E-state index contributed by atoms with van der Waals surface area (Å²) in [5.41, 5.74) is 1.53. The molecule has 2 heterocycles. The third-order valence-electron chi connectivity index (χ3n) is 2.68. The van der Waals surface area contributed by atoms with Crippen molar-refractivity contribution < 1.29 is 0 Å². The Bertz CT molecular complexity index is 471. The molecule has 0 unspecified atom stereocenters. The summed E-state index contributed by atoms with van der Waals surface area (Å²) in [6, 6.07) is 0. The van der Waals surface area contributed by atoms with E-state index < -0.39 is 0 Å². The Morgan fingerprint density at radius 3 is 2.69 bits per heavy atom. The molecule has 0 aliphatic heterocycles. The highest BCUT2D eigenvalue weighted by Gasteiger charge is 2.12. The minimum absolute atomic E-state index is 1.23. The van der Waals surface area contributed by atoms with Crippen molar-refractivity contribution in [3.8, 4) is 0 Å². The molecule has 0 amide bonds. The first-order valence-corrected chi connectivity index (χ1v) is 8.86. The molecule has 0 aliphatic rings. The van der Waals surface area contributed by atoms with Gasteiger partial charge in [0, 0.05) is 0 Å².